The number of hydrogen-bond acceptors (Lipinski definition) is 3. The Morgan fingerprint density at radius 2 is 1.45 bits per heavy atom. The van der Waals surface area contributed by atoms with Crippen LogP contribution in [0.3, 0.4) is 0 Å². The number of benzene rings is 4. The van der Waals surface area contributed by atoms with Crippen molar-refractivity contribution < 1.29 is 17.9 Å². The van der Waals surface area contributed by atoms with E-state index in [9.17, 15) is 17.9 Å². The van der Waals surface area contributed by atoms with Crippen LogP contribution in [-0.2, 0) is 28.5 Å². The highest BCUT2D eigenvalue weighted by Gasteiger charge is 2.29. The lowest BCUT2D eigenvalue weighted by atomic mass is 9.86. The molecule has 0 amide bonds. The van der Waals surface area contributed by atoms with Crippen molar-refractivity contribution in [3.05, 3.63) is 117 Å². The molecule has 0 aliphatic heterocycles. The molecule has 0 aliphatic carbocycles. The SMILES string of the molecule is CC(C)(C)c1ccc(-c2cccc(CN(Cc3ccc(F)cc3)S(=O)(=O)c3cc(Cl)cc(Cl)c3O)c2)cc1. The second kappa shape index (κ2) is 11.1. The highest BCUT2D eigenvalue weighted by Crippen LogP contribution is 2.37. The van der Waals surface area contributed by atoms with Crippen LogP contribution in [-0.4, -0.2) is 17.8 Å². The molecule has 0 saturated heterocycles. The minimum absolute atomic E-state index is 0.00278. The van der Waals surface area contributed by atoms with Crippen molar-refractivity contribution in [1.82, 2.24) is 4.31 Å². The molecule has 4 nitrogen and oxygen atoms in total. The van der Waals surface area contributed by atoms with Crippen molar-refractivity contribution in [2.24, 2.45) is 0 Å². The molecule has 4 aromatic rings. The topological polar surface area (TPSA) is 57.6 Å². The predicted molar refractivity (Wildman–Crippen MR) is 152 cm³/mol. The Morgan fingerprint density at radius 3 is 2.08 bits per heavy atom. The monoisotopic (exact) mass is 571 g/mol. The van der Waals surface area contributed by atoms with E-state index in [1.807, 2.05) is 24.3 Å². The number of halogens is 3. The average molecular weight is 573 g/mol. The van der Waals surface area contributed by atoms with Crippen LogP contribution in [0.5, 0.6) is 5.75 Å². The lowest BCUT2D eigenvalue weighted by Gasteiger charge is -2.24. The van der Waals surface area contributed by atoms with E-state index in [2.05, 4.69) is 45.0 Å². The maximum Gasteiger partial charge on any atom is 0.247 e. The van der Waals surface area contributed by atoms with Crippen molar-refractivity contribution in [3.8, 4) is 16.9 Å². The van der Waals surface area contributed by atoms with E-state index in [4.69, 9.17) is 23.2 Å². The van der Waals surface area contributed by atoms with Gasteiger partial charge < -0.3 is 5.11 Å². The molecule has 198 valence electrons. The molecular weight excluding hydrogens is 544 g/mol. The molecule has 0 heterocycles. The van der Waals surface area contributed by atoms with Crippen LogP contribution in [0.15, 0.2) is 89.8 Å². The first kappa shape index (κ1) is 28.1. The van der Waals surface area contributed by atoms with Gasteiger partial charge in [-0.2, -0.15) is 4.31 Å². The summed E-state index contributed by atoms with van der Waals surface area (Å²) in [5, 5.41) is 10.4. The molecule has 0 atom stereocenters. The van der Waals surface area contributed by atoms with Gasteiger partial charge >= 0.3 is 0 Å². The van der Waals surface area contributed by atoms with E-state index in [0.29, 0.717) is 5.56 Å². The third kappa shape index (κ3) is 6.38. The minimum atomic E-state index is -4.26. The normalized spacial score (nSPS) is 12.2. The van der Waals surface area contributed by atoms with E-state index in [1.165, 1.54) is 46.3 Å². The Labute approximate surface area is 233 Å². The fraction of sp³-hybridized carbons (Fsp3) is 0.200. The van der Waals surface area contributed by atoms with Crippen molar-refractivity contribution >= 4 is 33.2 Å². The molecule has 0 saturated carbocycles. The minimum Gasteiger partial charge on any atom is -0.505 e. The summed E-state index contributed by atoms with van der Waals surface area (Å²) in [7, 11) is -4.26. The predicted octanol–water partition coefficient (Wildman–Crippen LogP) is 8.19. The van der Waals surface area contributed by atoms with E-state index in [0.717, 1.165) is 16.7 Å². The lowest BCUT2D eigenvalue weighted by Crippen LogP contribution is -2.30. The third-order valence-electron chi connectivity index (χ3n) is 6.25. The number of hydrogen-bond donors (Lipinski definition) is 1. The summed E-state index contributed by atoms with van der Waals surface area (Å²) in [6.45, 7) is 6.41. The van der Waals surface area contributed by atoms with Crippen molar-refractivity contribution in [2.45, 2.75) is 44.2 Å². The Morgan fingerprint density at radius 1 is 0.816 bits per heavy atom. The number of sulfonamides is 1. The molecule has 8 heteroatoms. The van der Waals surface area contributed by atoms with Crippen molar-refractivity contribution in [3.63, 3.8) is 0 Å². The molecule has 0 aliphatic rings. The van der Waals surface area contributed by atoms with E-state index in [1.54, 1.807) is 0 Å². The number of nitrogens with zero attached hydrogens (tertiary/aromatic N) is 1. The van der Waals surface area contributed by atoms with Crippen LogP contribution in [0, 0.1) is 5.82 Å². The number of phenolic OH excluding ortho intramolecular Hbond substituents is 1. The Hall–Kier alpha value is -2.90. The highest BCUT2D eigenvalue weighted by molar-refractivity contribution is 7.89. The van der Waals surface area contributed by atoms with Crippen LogP contribution >= 0.6 is 23.2 Å². The van der Waals surface area contributed by atoms with Gasteiger partial charge in [-0.3, -0.25) is 0 Å². The molecule has 0 radical (unpaired) electrons. The summed E-state index contributed by atoms with van der Waals surface area (Å²) in [6, 6.07) is 24.0. The van der Waals surface area contributed by atoms with Crippen LogP contribution < -0.4 is 0 Å². The van der Waals surface area contributed by atoms with Gasteiger partial charge in [0, 0.05) is 18.1 Å². The fourth-order valence-electron chi connectivity index (χ4n) is 4.11. The number of rotatable bonds is 7. The lowest BCUT2D eigenvalue weighted by molar-refractivity contribution is 0.394. The molecule has 1 N–H and O–H groups in total. The smallest absolute Gasteiger partial charge is 0.247 e. The second-order valence-corrected chi connectivity index (χ2v) is 12.9. The van der Waals surface area contributed by atoms with Crippen LogP contribution in [0.2, 0.25) is 10.0 Å². The summed E-state index contributed by atoms with van der Waals surface area (Å²) < 4.78 is 42.3. The fourth-order valence-corrected chi connectivity index (χ4v) is 6.27. The van der Waals surface area contributed by atoms with Gasteiger partial charge in [-0.1, -0.05) is 98.6 Å². The van der Waals surface area contributed by atoms with Crippen molar-refractivity contribution in [1.29, 1.82) is 0 Å². The summed E-state index contributed by atoms with van der Waals surface area (Å²) >= 11 is 12.1. The van der Waals surface area contributed by atoms with Crippen LogP contribution in [0.25, 0.3) is 11.1 Å². The standard InChI is InChI=1S/C30H28Cl2FNO3S/c1-30(2,3)24-11-9-22(10-12-24)23-6-4-5-21(15-23)19-34(18-20-7-13-26(33)14-8-20)38(36,37)28-17-25(31)16-27(32)29(28)35/h4-17,35H,18-19H2,1-3H3. The first-order valence-electron chi connectivity index (χ1n) is 12.0. The first-order valence-corrected chi connectivity index (χ1v) is 14.2. The zero-order valence-corrected chi connectivity index (χ0v) is 23.6. The number of phenols is 1. The van der Waals surface area contributed by atoms with E-state index < -0.39 is 26.5 Å². The second-order valence-electron chi connectivity index (χ2n) is 10.2. The Kier molecular flexibility index (Phi) is 8.19. The summed E-state index contributed by atoms with van der Waals surface area (Å²) in [5.74, 6) is -1.000. The number of aromatic hydroxyl groups is 1. The van der Waals surface area contributed by atoms with Gasteiger partial charge in [0.1, 0.15) is 10.7 Å². The largest absolute Gasteiger partial charge is 0.505 e. The van der Waals surface area contributed by atoms with E-state index >= 15 is 0 Å². The summed E-state index contributed by atoms with van der Waals surface area (Å²) in [6.07, 6.45) is 0. The van der Waals surface area contributed by atoms with Crippen molar-refractivity contribution in [2.75, 3.05) is 0 Å². The molecule has 38 heavy (non-hydrogen) atoms. The third-order valence-corrected chi connectivity index (χ3v) is 8.56. The maximum absolute atomic E-state index is 13.8. The Bertz CT molecular complexity index is 1550. The Balaban J connectivity index is 1.72. The summed E-state index contributed by atoms with van der Waals surface area (Å²) in [4.78, 5) is -0.397. The maximum atomic E-state index is 13.8. The quantitative estimate of drug-likeness (QED) is 0.243. The van der Waals surface area contributed by atoms with Crippen LogP contribution in [0.1, 0.15) is 37.5 Å². The van der Waals surface area contributed by atoms with Gasteiger partial charge in [-0.05, 0) is 63.6 Å². The molecule has 0 bridgehead atoms. The van der Waals surface area contributed by atoms with Gasteiger partial charge in [0.15, 0.2) is 5.75 Å². The zero-order chi connectivity index (χ0) is 27.7. The van der Waals surface area contributed by atoms with Gasteiger partial charge in [0.2, 0.25) is 10.0 Å². The molecule has 0 spiro atoms. The molecule has 4 rings (SSSR count). The van der Waals surface area contributed by atoms with Gasteiger partial charge in [-0.25, -0.2) is 12.8 Å². The molecule has 0 aromatic heterocycles. The van der Waals surface area contributed by atoms with Gasteiger partial charge in [0.05, 0.1) is 5.02 Å². The highest BCUT2D eigenvalue weighted by atomic mass is 35.5. The zero-order valence-electron chi connectivity index (χ0n) is 21.3. The van der Waals surface area contributed by atoms with Crippen LogP contribution in [0.4, 0.5) is 4.39 Å². The van der Waals surface area contributed by atoms with Gasteiger partial charge in [0.25, 0.3) is 0 Å². The van der Waals surface area contributed by atoms with Gasteiger partial charge in [-0.15, -0.1) is 0 Å². The van der Waals surface area contributed by atoms with E-state index in [-0.39, 0.29) is 28.5 Å². The molecule has 0 fully saturated rings. The summed E-state index contributed by atoms with van der Waals surface area (Å²) in [5.41, 5.74) is 4.51. The first-order chi connectivity index (χ1) is 17.8. The molecule has 4 aromatic carbocycles. The molecule has 0 unspecified atom stereocenters. The average Bonchev–Trinajstić information content (AvgIpc) is 2.86. The molecular formula is C30H28Cl2FNO3S.